The Balaban J connectivity index is 1.40. The molecule has 14 nitrogen and oxygen atoms in total. The average molecular weight is 821 g/mol. The van der Waals surface area contributed by atoms with Gasteiger partial charge in [-0.3, -0.25) is 4.79 Å². The maximum absolute atomic E-state index is 13.5. The van der Waals surface area contributed by atoms with E-state index in [1.165, 1.54) is 23.5 Å². The zero-order valence-electron chi connectivity index (χ0n) is 28.2. The lowest BCUT2D eigenvalue weighted by atomic mass is 10.3. The molecule has 0 bridgehead atoms. The van der Waals surface area contributed by atoms with Crippen molar-refractivity contribution in [3.8, 4) is 0 Å². The minimum Gasteiger partial charge on any atom is -0.434 e. The number of hydrogen-bond acceptors (Lipinski definition) is 14. The Hall–Kier alpha value is -2.26. The Morgan fingerprint density at radius 3 is 1.43 bits per heavy atom. The number of ether oxygens (including phenoxy) is 2. The molecule has 3 aliphatic heterocycles. The van der Waals surface area contributed by atoms with Crippen molar-refractivity contribution in [1.82, 2.24) is 29.7 Å². The highest BCUT2D eigenvalue weighted by molar-refractivity contribution is 8.05. The Kier molecular flexibility index (Phi) is 17.4. The predicted octanol–water partition coefficient (Wildman–Crippen LogP) is 2.26. The van der Waals surface area contributed by atoms with Crippen LogP contribution in [0.15, 0.2) is 50.8 Å². The minimum atomic E-state index is -0.899. The fourth-order valence-corrected chi connectivity index (χ4v) is 11.9. The summed E-state index contributed by atoms with van der Waals surface area (Å²) in [5, 5.41) is 8.05. The Morgan fingerprint density at radius 1 is 0.588 bits per heavy atom. The molecule has 4 rings (SSSR count). The molecule has 1 aromatic rings. The van der Waals surface area contributed by atoms with Crippen LogP contribution in [0.25, 0.3) is 0 Å². The molecule has 3 saturated heterocycles. The van der Waals surface area contributed by atoms with Crippen LogP contribution in [0.2, 0.25) is 0 Å². The Morgan fingerprint density at radius 2 is 0.980 bits per heavy atom. The van der Waals surface area contributed by atoms with E-state index >= 15 is 0 Å². The van der Waals surface area contributed by atoms with Gasteiger partial charge in [0.05, 0.1) is 0 Å². The lowest BCUT2D eigenvalue weighted by Gasteiger charge is -2.17. The maximum Gasteiger partial charge on any atom is 0.408 e. The highest BCUT2D eigenvalue weighted by atomic mass is 32.2. The lowest BCUT2D eigenvalue weighted by molar-refractivity contribution is -0.121. The lowest BCUT2D eigenvalue weighted by Crippen LogP contribution is -2.56. The van der Waals surface area contributed by atoms with Crippen molar-refractivity contribution < 1.29 is 23.9 Å². The summed E-state index contributed by atoms with van der Waals surface area (Å²) < 4.78 is 13.5. The molecule has 3 unspecified atom stereocenters. The number of thioether (sulfide) groups is 6. The number of alkyl carbamates (subject to hydrolysis) is 2. The summed E-state index contributed by atoms with van der Waals surface area (Å²) >= 11 is 9.60. The molecule has 0 aromatic carbocycles. The van der Waals surface area contributed by atoms with Gasteiger partial charge in [-0.15, -0.1) is 23.5 Å². The van der Waals surface area contributed by atoms with Crippen LogP contribution in [0.5, 0.6) is 0 Å². The summed E-state index contributed by atoms with van der Waals surface area (Å²) in [5.41, 5.74) is -0.161. The van der Waals surface area contributed by atoms with Gasteiger partial charge >= 0.3 is 29.3 Å². The second-order valence-corrected chi connectivity index (χ2v) is 18.4. The van der Waals surface area contributed by atoms with Crippen molar-refractivity contribution in [2.45, 2.75) is 42.2 Å². The highest BCUT2D eigenvalue weighted by Gasteiger charge is 2.22. The number of nitrogens with zero attached hydrogens (tertiary/aromatic N) is 3. The molecule has 51 heavy (non-hydrogen) atoms. The van der Waals surface area contributed by atoms with Crippen LogP contribution in [0.3, 0.4) is 0 Å². The van der Waals surface area contributed by atoms with Gasteiger partial charge < -0.3 is 25.4 Å². The van der Waals surface area contributed by atoms with Gasteiger partial charge in [0.1, 0.15) is 0 Å². The zero-order chi connectivity index (χ0) is 36.8. The van der Waals surface area contributed by atoms with Crippen molar-refractivity contribution in [3.63, 3.8) is 0 Å². The van der Waals surface area contributed by atoms with Crippen LogP contribution in [0, 0.1) is 0 Å². The van der Waals surface area contributed by atoms with E-state index in [0.29, 0.717) is 23.0 Å². The summed E-state index contributed by atoms with van der Waals surface area (Å²) in [4.78, 5) is 78.1. The molecule has 20 heteroatoms. The largest absolute Gasteiger partial charge is 0.434 e. The van der Waals surface area contributed by atoms with Crippen LogP contribution in [0.1, 0.15) is 6.42 Å². The van der Waals surface area contributed by atoms with Crippen LogP contribution in [-0.2, 0) is 33.9 Å². The summed E-state index contributed by atoms with van der Waals surface area (Å²) in [6, 6.07) is 0. The van der Waals surface area contributed by atoms with E-state index < -0.39 is 29.3 Å². The van der Waals surface area contributed by atoms with E-state index in [4.69, 9.17) is 9.47 Å². The van der Waals surface area contributed by atoms with E-state index in [1.54, 1.807) is 47.0 Å². The van der Waals surface area contributed by atoms with Gasteiger partial charge in [0.2, 0.25) is 5.91 Å². The van der Waals surface area contributed by atoms with E-state index in [1.807, 2.05) is 0 Å². The number of aromatic nitrogens is 3. The predicted molar refractivity (Wildman–Crippen MR) is 214 cm³/mol. The van der Waals surface area contributed by atoms with Crippen molar-refractivity contribution in [1.29, 1.82) is 0 Å². The summed E-state index contributed by atoms with van der Waals surface area (Å²) in [7, 11) is 0. The third kappa shape index (κ3) is 13.9. The van der Waals surface area contributed by atoms with E-state index in [9.17, 15) is 28.8 Å². The fraction of sp³-hybridized carbons (Fsp3) is 0.613. The molecule has 0 saturated carbocycles. The average Bonchev–Trinajstić information content (AvgIpc) is 3.52. The van der Waals surface area contributed by atoms with Crippen molar-refractivity contribution in [2.75, 3.05) is 71.4 Å². The van der Waals surface area contributed by atoms with Crippen LogP contribution in [-0.4, -0.2) is 119 Å². The molecule has 3 amide bonds. The summed E-state index contributed by atoms with van der Waals surface area (Å²) in [6.07, 6.45) is -1.11. The minimum absolute atomic E-state index is 0.0223. The molecule has 1 aromatic heterocycles. The first-order valence-corrected chi connectivity index (χ1v) is 22.8. The van der Waals surface area contributed by atoms with Crippen molar-refractivity contribution in [2.24, 2.45) is 0 Å². The van der Waals surface area contributed by atoms with Gasteiger partial charge in [-0.25, -0.2) is 37.7 Å². The molecule has 3 atom stereocenters. The molecule has 4 heterocycles. The van der Waals surface area contributed by atoms with Crippen molar-refractivity contribution >= 4 is 88.7 Å². The van der Waals surface area contributed by atoms with Crippen molar-refractivity contribution in [3.05, 3.63) is 67.9 Å². The van der Waals surface area contributed by atoms with Gasteiger partial charge in [0.15, 0.2) is 10.9 Å². The second-order valence-electron chi connectivity index (χ2n) is 11.7. The molecule has 3 N–H and O–H groups in total. The number of rotatable bonds is 13. The smallest absolute Gasteiger partial charge is 0.408 e. The number of nitrogens with one attached hydrogen (secondary N) is 3. The fourth-order valence-electron chi connectivity index (χ4n) is 4.82. The molecule has 3 fully saturated rings. The molecule has 0 aliphatic carbocycles. The van der Waals surface area contributed by atoms with E-state index in [2.05, 4.69) is 35.7 Å². The number of hydrogen-bond donors (Lipinski definition) is 3. The number of amides is 3. The molecule has 0 radical (unpaired) electrons. The third-order valence-corrected chi connectivity index (χ3v) is 15.3. The Labute approximate surface area is 321 Å². The first-order valence-electron chi connectivity index (χ1n) is 16.2. The monoisotopic (exact) mass is 820 g/mol. The number of carbonyl (C=O) groups excluding carboxylic acids is 3. The summed E-state index contributed by atoms with van der Waals surface area (Å²) in [6.45, 7) is 11.0. The van der Waals surface area contributed by atoms with Gasteiger partial charge in [-0.05, 0) is 0 Å². The maximum atomic E-state index is 13.5. The quantitative estimate of drug-likeness (QED) is 0.248. The first-order chi connectivity index (χ1) is 24.5. The molecular formula is C31H44N6O8S6. The second kappa shape index (κ2) is 21.4. The van der Waals surface area contributed by atoms with E-state index in [-0.39, 0.29) is 67.7 Å². The van der Waals surface area contributed by atoms with Gasteiger partial charge in [0, 0.05) is 103 Å². The number of carbonyl (C=O) groups is 3. The normalized spacial score (nSPS) is 21.5. The van der Waals surface area contributed by atoms with Gasteiger partial charge in [-0.1, -0.05) is 36.5 Å². The Bertz CT molecular complexity index is 1410. The highest BCUT2D eigenvalue weighted by Crippen LogP contribution is 2.28. The third-order valence-electron chi connectivity index (χ3n) is 7.34. The standard InChI is InChI=1S/C31H44N6O8S6/c1-20-11-46-17-23(49-14-20)10-24(38)32-4-7-35-29(41)36(8-5-33-27(39)44-25-18-47-12-21(2)15-50-25)31(43)37(30(35)42)9-6-34-28(40)45-26-19-48-13-22(3)16-51-26/h23,25-26H,1-19H2,(H,32,38)(H,33,39)(H,34,40). The molecule has 282 valence electrons. The topological polar surface area (TPSA) is 172 Å². The van der Waals surface area contributed by atoms with Crippen LogP contribution in [0.4, 0.5) is 9.59 Å². The molecule has 0 spiro atoms. The van der Waals surface area contributed by atoms with Gasteiger partial charge in [0.25, 0.3) is 0 Å². The molecular weight excluding hydrogens is 777 g/mol. The van der Waals surface area contributed by atoms with Crippen LogP contribution >= 0.6 is 70.6 Å². The SMILES string of the molecule is C=C1CSCC(CC(=O)NCCn2c(=O)n(CCNC(=O)OC3CSCC(=C)CS3)c(=O)n(CCNC(=O)OC3CSCC(=C)CS3)c2=O)SC1. The first kappa shape index (κ1) is 41.5. The zero-order valence-corrected chi connectivity index (χ0v) is 33.1. The summed E-state index contributed by atoms with van der Waals surface area (Å²) in [5.74, 6) is 6.43. The molecule has 3 aliphatic rings. The van der Waals surface area contributed by atoms with Gasteiger partial charge in [-0.2, -0.15) is 47.0 Å². The van der Waals surface area contributed by atoms with Crippen LogP contribution < -0.4 is 33.0 Å². The van der Waals surface area contributed by atoms with E-state index in [0.717, 1.165) is 59.2 Å².